The topological polar surface area (TPSA) is 38.0 Å². The molecular weight excluding hydrogens is 180 g/mol. The van der Waals surface area contributed by atoms with Gasteiger partial charge >= 0.3 is 0 Å². The Balaban J connectivity index is 2.73. The minimum Gasteiger partial charge on any atom is -0.271 e. The van der Waals surface area contributed by atoms with Crippen LogP contribution in [-0.4, -0.2) is 12.0 Å². The molecule has 72 valence electrons. The molecule has 3 N–H and O–H groups in total. The summed E-state index contributed by atoms with van der Waals surface area (Å²) in [6.45, 7) is 2.09. The van der Waals surface area contributed by atoms with Crippen LogP contribution in [0, 0.1) is 6.92 Å². The number of thioether (sulfide) groups is 1. The van der Waals surface area contributed by atoms with Crippen LogP contribution in [0.2, 0.25) is 0 Å². The highest BCUT2D eigenvalue weighted by Gasteiger charge is 2.07. The molecule has 0 aliphatic heterocycles. The largest absolute Gasteiger partial charge is 0.271 e. The van der Waals surface area contributed by atoms with E-state index < -0.39 is 0 Å². The summed E-state index contributed by atoms with van der Waals surface area (Å²) in [5, 5.41) is 0. The third-order valence-corrected chi connectivity index (χ3v) is 2.68. The van der Waals surface area contributed by atoms with E-state index in [1.54, 1.807) is 11.8 Å². The number of aryl methyl sites for hydroxylation is 1. The Morgan fingerprint density at radius 1 is 1.38 bits per heavy atom. The van der Waals surface area contributed by atoms with E-state index >= 15 is 0 Å². The molecule has 0 amide bonds. The molecule has 0 aliphatic rings. The maximum absolute atomic E-state index is 5.47. The second-order valence-corrected chi connectivity index (χ2v) is 4.00. The molecule has 0 bridgehead atoms. The SMILES string of the molecule is CSCC(NN)c1ccc(C)cc1. The van der Waals surface area contributed by atoms with E-state index in [0.717, 1.165) is 5.75 Å². The fraction of sp³-hybridized carbons (Fsp3) is 0.400. The average molecular weight is 196 g/mol. The lowest BCUT2D eigenvalue weighted by Gasteiger charge is -2.14. The highest BCUT2D eigenvalue weighted by molar-refractivity contribution is 7.98. The molecule has 1 atom stereocenters. The van der Waals surface area contributed by atoms with Crippen LogP contribution in [0.4, 0.5) is 0 Å². The van der Waals surface area contributed by atoms with Crippen LogP contribution in [0.5, 0.6) is 0 Å². The summed E-state index contributed by atoms with van der Waals surface area (Å²) in [5.74, 6) is 6.47. The molecule has 0 heterocycles. The molecule has 1 aromatic rings. The zero-order chi connectivity index (χ0) is 9.68. The van der Waals surface area contributed by atoms with Crippen LogP contribution in [0.1, 0.15) is 17.2 Å². The number of benzene rings is 1. The van der Waals surface area contributed by atoms with E-state index in [2.05, 4.69) is 42.9 Å². The van der Waals surface area contributed by atoms with Gasteiger partial charge in [0.05, 0.1) is 6.04 Å². The number of nitrogens with one attached hydrogen (secondary N) is 1. The van der Waals surface area contributed by atoms with Gasteiger partial charge in [0.25, 0.3) is 0 Å². The van der Waals surface area contributed by atoms with Crippen molar-refractivity contribution in [1.29, 1.82) is 0 Å². The van der Waals surface area contributed by atoms with E-state index in [9.17, 15) is 0 Å². The van der Waals surface area contributed by atoms with Crippen molar-refractivity contribution in [2.75, 3.05) is 12.0 Å². The van der Waals surface area contributed by atoms with Crippen LogP contribution in [0.25, 0.3) is 0 Å². The number of hydrogen-bond acceptors (Lipinski definition) is 3. The van der Waals surface area contributed by atoms with Gasteiger partial charge in [-0.05, 0) is 18.7 Å². The molecule has 13 heavy (non-hydrogen) atoms. The zero-order valence-corrected chi connectivity index (χ0v) is 8.90. The third-order valence-electron chi connectivity index (χ3n) is 2.01. The molecule has 0 saturated carbocycles. The zero-order valence-electron chi connectivity index (χ0n) is 8.08. The van der Waals surface area contributed by atoms with Gasteiger partial charge in [-0.1, -0.05) is 29.8 Å². The minimum absolute atomic E-state index is 0.260. The Kier molecular flexibility index (Phi) is 4.28. The lowest BCUT2D eigenvalue weighted by atomic mass is 10.1. The van der Waals surface area contributed by atoms with Crippen molar-refractivity contribution in [1.82, 2.24) is 5.43 Å². The van der Waals surface area contributed by atoms with Gasteiger partial charge in [0.15, 0.2) is 0 Å². The Hall–Kier alpha value is -0.510. The second kappa shape index (κ2) is 5.27. The van der Waals surface area contributed by atoms with Crippen LogP contribution in [-0.2, 0) is 0 Å². The second-order valence-electron chi connectivity index (χ2n) is 3.09. The quantitative estimate of drug-likeness (QED) is 0.570. The van der Waals surface area contributed by atoms with Crippen LogP contribution >= 0.6 is 11.8 Å². The standard InChI is InChI=1S/C10H16N2S/c1-8-3-5-9(6-4-8)10(12-11)7-13-2/h3-6,10,12H,7,11H2,1-2H3. The predicted molar refractivity (Wildman–Crippen MR) is 59.6 cm³/mol. The van der Waals surface area contributed by atoms with E-state index in [1.807, 2.05) is 0 Å². The van der Waals surface area contributed by atoms with E-state index in [-0.39, 0.29) is 6.04 Å². The van der Waals surface area contributed by atoms with Crippen molar-refractivity contribution < 1.29 is 0 Å². The first-order valence-corrected chi connectivity index (χ1v) is 5.69. The fourth-order valence-electron chi connectivity index (χ4n) is 1.21. The number of nitrogens with two attached hydrogens (primary N) is 1. The van der Waals surface area contributed by atoms with Gasteiger partial charge < -0.3 is 0 Å². The van der Waals surface area contributed by atoms with Crippen LogP contribution in [0.3, 0.4) is 0 Å². The van der Waals surface area contributed by atoms with Crippen LogP contribution < -0.4 is 11.3 Å². The highest BCUT2D eigenvalue weighted by atomic mass is 32.2. The Labute approximate surface area is 83.9 Å². The summed E-state index contributed by atoms with van der Waals surface area (Å²) in [6, 6.07) is 8.72. The average Bonchev–Trinajstić information content (AvgIpc) is 2.16. The molecule has 0 aromatic heterocycles. The summed E-state index contributed by atoms with van der Waals surface area (Å²) in [4.78, 5) is 0. The van der Waals surface area contributed by atoms with E-state index in [0.29, 0.717) is 0 Å². The number of rotatable bonds is 4. The molecule has 0 spiro atoms. The summed E-state index contributed by atoms with van der Waals surface area (Å²) < 4.78 is 0. The third kappa shape index (κ3) is 3.03. The first kappa shape index (κ1) is 10.6. The molecule has 0 saturated heterocycles. The lowest BCUT2D eigenvalue weighted by Crippen LogP contribution is -2.29. The minimum atomic E-state index is 0.260. The molecule has 0 fully saturated rings. The van der Waals surface area contributed by atoms with Crippen molar-refractivity contribution in [3.05, 3.63) is 35.4 Å². The molecule has 3 heteroatoms. The van der Waals surface area contributed by atoms with E-state index in [4.69, 9.17) is 5.84 Å². The summed E-state index contributed by atoms with van der Waals surface area (Å²) >= 11 is 1.79. The maximum atomic E-state index is 5.47. The Morgan fingerprint density at radius 2 is 2.00 bits per heavy atom. The summed E-state index contributed by atoms with van der Waals surface area (Å²) in [5.41, 5.74) is 5.35. The van der Waals surface area contributed by atoms with Crippen molar-refractivity contribution in [2.24, 2.45) is 5.84 Å². The van der Waals surface area contributed by atoms with Crippen molar-refractivity contribution in [3.8, 4) is 0 Å². The van der Waals surface area contributed by atoms with Gasteiger partial charge in [-0.25, -0.2) is 0 Å². The fourth-order valence-corrected chi connectivity index (χ4v) is 1.83. The lowest BCUT2D eigenvalue weighted by molar-refractivity contribution is 0.611. The Bertz CT molecular complexity index is 246. The predicted octanol–water partition coefficient (Wildman–Crippen LogP) is 1.86. The van der Waals surface area contributed by atoms with E-state index in [1.165, 1.54) is 11.1 Å². The highest BCUT2D eigenvalue weighted by Crippen LogP contribution is 2.16. The molecular formula is C10H16N2S. The smallest absolute Gasteiger partial charge is 0.0550 e. The summed E-state index contributed by atoms with van der Waals surface area (Å²) in [6.07, 6.45) is 2.08. The Morgan fingerprint density at radius 3 is 2.46 bits per heavy atom. The van der Waals surface area contributed by atoms with Gasteiger partial charge in [-0.2, -0.15) is 11.8 Å². The maximum Gasteiger partial charge on any atom is 0.0550 e. The van der Waals surface area contributed by atoms with Crippen molar-refractivity contribution in [3.63, 3.8) is 0 Å². The number of hydrogen-bond donors (Lipinski definition) is 2. The van der Waals surface area contributed by atoms with Gasteiger partial charge in [0.2, 0.25) is 0 Å². The van der Waals surface area contributed by atoms with Crippen LogP contribution in [0.15, 0.2) is 24.3 Å². The molecule has 1 aromatic carbocycles. The van der Waals surface area contributed by atoms with Crippen molar-refractivity contribution in [2.45, 2.75) is 13.0 Å². The first-order valence-electron chi connectivity index (χ1n) is 4.29. The molecule has 0 radical (unpaired) electrons. The number of hydrazine groups is 1. The van der Waals surface area contributed by atoms with Gasteiger partial charge in [0, 0.05) is 5.75 Å². The first-order chi connectivity index (χ1) is 6.27. The molecule has 0 aliphatic carbocycles. The monoisotopic (exact) mass is 196 g/mol. The van der Waals surface area contributed by atoms with Gasteiger partial charge in [0.1, 0.15) is 0 Å². The van der Waals surface area contributed by atoms with Gasteiger partial charge in [-0.15, -0.1) is 0 Å². The molecule has 1 unspecified atom stereocenters. The molecule has 2 nitrogen and oxygen atoms in total. The molecule has 1 rings (SSSR count). The van der Waals surface area contributed by atoms with Gasteiger partial charge in [-0.3, -0.25) is 11.3 Å². The normalized spacial score (nSPS) is 12.8. The summed E-state index contributed by atoms with van der Waals surface area (Å²) in [7, 11) is 0. The van der Waals surface area contributed by atoms with Crippen molar-refractivity contribution >= 4 is 11.8 Å².